The molecule has 0 aromatic heterocycles. The van der Waals surface area contributed by atoms with Gasteiger partial charge in [-0.1, -0.05) is 17.8 Å². The van der Waals surface area contributed by atoms with E-state index in [2.05, 4.69) is 0 Å². The van der Waals surface area contributed by atoms with E-state index >= 15 is 0 Å². The quantitative estimate of drug-likeness (QED) is 0.652. The van der Waals surface area contributed by atoms with Crippen LogP contribution < -0.4 is 0 Å². The van der Waals surface area contributed by atoms with E-state index in [-0.39, 0.29) is 27.8 Å². The van der Waals surface area contributed by atoms with Gasteiger partial charge in [-0.05, 0) is 24.1 Å². The summed E-state index contributed by atoms with van der Waals surface area (Å²) in [5, 5.41) is 9.52. The largest absolute Gasteiger partial charge is 0.382 e. The Morgan fingerprint density at radius 2 is 2.06 bits per heavy atom. The maximum Gasteiger partial charge on any atom is 0.288 e. The van der Waals surface area contributed by atoms with Crippen LogP contribution in [0.15, 0.2) is 17.0 Å². The van der Waals surface area contributed by atoms with E-state index < -0.39 is 24.2 Å². The lowest BCUT2D eigenvalue weighted by Gasteiger charge is -2.15. The number of halogens is 4. The summed E-state index contributed by atoms with van der Waals surface area (Å²) in [6, 6.07) is 2.88. The van der Waals surface area contributed by atoms with E-state index in [1.165, 1.54) is 12.1 Å². The summed E-state index contributed by atoms with van der Waals surface area (Å²) >= 11 is 0.190. The number of rotatable bonds is 2. The van der Waals surface area contributed by atoms with Crippen molar-refractivity contribution in [3.05, 3.63) is 28.8 Å². The Morgan fingerprint density at radius 3 is 2.65 bits per heavy atom. The second-order valence-electron chi connectivity index (χ2n) is 3.99. The predicted octanol–water partition coefficient (Wildman–Crippen LogP) is 3.53. The van der Waals surface area contributed by atoms with Crippen LogP contribution in [0.3, 0.4) is 0 Å². The van der Waals surface area contributed by atoms with Crippen molar-refractivity contribution < 1.29 is 22.7 Å². The van der Waals surface area contributed by atoms with Crippen molar-refractivity contribution >= 4 is 11.8 Å². The molecule has 1 N–H and O–H groups in total. The minimum absolute atomic E-state index is 0.0327. The van der Waals surface area contributed by atoms with Crippen LogP contribution in [0.4, 0.5) is 17.6 Å². The molecule has 0 bridgehead atoms. The molecule has 1 atom stereocenters. The Labute approximate surface area is 99.8 Å². The van der Waals surface area contributed by atoms with Gasteiger partial charge < -0.3 is 5.11 Å². The fourth-order valence-corrected chi connectivity index (χ4v) is 2.73. The highest BCUT2D eigenvalue weighted by atomic mass is 32.2. The van der Waals surface area contributed by atoms with E-state index in [0.29, 0.717) is 5.56 Å². The van der Waals surface area contributed by atoms with Crippen molar-refractivity contribution in [2.75, 3.05) is 0 Å². The lowest BCUT2D eigenvalue weighted by atomic mass is 10.0. The Kier molecular flexibility index (Phi) is 3.12. The maximum atomic E-state index is 13.4. The van der Waals surface area contributed by atoms with E-state index in [4.69, 9.17) is 0 Å². The number of thioether (sulfide) groups is 1. The average molecular weight is 266 g/mol. The first-order valence-electron chi connectivity index (χ1n) is 4.96. The third kappa shape index (κ3) is 2.15. The summed E-state index contributed by atoms with van der Waals surface area (Å²) < 4.78 is 51.4. The molecule has 1 aromatic carbocycles. The first-order valence-corrected chi connectivity index (χ1v) is 5.84. The van der Waals surface area contributed by atoms with E-state index in [9.17, 15) is 22.7 Å². The van der Waals surface area contributed by atoms with Gasteiger partial charge in [0.1, 0.15) is 6.10 Å². The molecular weight excluding hydrogens is 256 g/mol. The normalized spacial score (nSPS) is 21.9. The van der Waals surface area contributed by atoms with Gasteiger partial charge in [0.2, 0.25) is 0 Å². The van der Waals surface area contributed by atoms with Crippen LogP contribution >= 0.6 is 11.8 Å². The summed E-state index contributed by atoms with van der Waals surface area (Å²) in [6.07, 6.45) is -2.58. The Balaban J connectivity index is 2.51. The standard InChI is InChI=1S/C11H10F4OS/c1-5-2-3-7(17-10(12)13)8-6(5)4-11(14,15)9(8)16/h2-3,9-10,16H,4H2,1H3/t9-/m0/s1. The molecule has 0 radical (unpaired) electrons. The molecule has 0 unspecified atom stereocenters. The SMILES string of the molecule is Cc1ccc(SC(F)F)c2c1CC(F)(F)[C@H]2O. The first-order chi connectivity index (χ1) is 7.83. The molecule has 1 nitrogen and oxygen atoms in total. The highest BCUT2D eigenvalue weighted by molar-refractivity contribution is 7.99. The van der Waals surface area contributed by atoms with Crippen LogP contribution in [-0.2, 0) is 6.42 Å². The highest BCUT2D eigenvalue weighted by Gasteiger charge is 2.48. The van der Waals surface area contributed by atoms with Crippen molar-refractivity contribution in [3.63, 3.8) is 0 Å². The van der Waals surface area contributed by atoms with Gasteiger partial charge in [-0.15, -0.1) is 0 Å². The molecule has 1 aliphatic carbocycles. The van der Waals surface area contributed by atoms with Gasteiger partial charge in [-0.2, -0.15) is 8.78 Å². The predicted molar refractivity (Wildman–Crippen MR) is 56.7 cm³/mol. The highest BCUT2D eigenvalue weighted by Crippen LogP contribution is 2.48. The van der Waals surface area contributed by atoms with Crippen LogP contribution in [0.5, 0.6) is 0 Å². The average Bonchev–Trinajstić information content (AvgIpc) is 2.44. The number of aryl methyl sites for hydroxylation is 1. The number of hydrogen-bond donors (Lipinski definition) is 1. The zero-order valence-corrected chi connectivity index (χ0v) is 9.70. The fraction of sp³-hybridized carbons (Fsp3) is 0.455. The summed E-state index contributed by atoms with van der Waals surface area (Å²) in [6.45, 7) is 1.63. The summed E-state index contributed by atoms with van der Waals surface area (Å²) in [4.78, 5) is 0.0327. The molecule has 0 heterocycles. The molecular formula is C11H10F4OS. The van der Waals surface area contributed by atoms with Gasteiger partial charge in [0.05, 0.1) is 0 Å². The molecule has 0 spiro atoms. The molecule has 0 saturated carbocycles. The second kappa shape index (κ2) is 4.17. The topological polar surface area (TPSA) is 20.2 Å². The minimum atomic E-state index is -3.27. The van der Waals surface area contributed by atoms with E-state index in [1.807, 2.05) is 0 Å². The Morgan fingerprint density at radius 1 is 1.41 bits per heavy atom. The third-order valence-electron chi connectivity index (χ3n) is 2.85. The number of aliphatic hydroxyl groups excluding tert-OH is 1. The third-order valence-corrected chi connectivity index (χ3v) is 3.64. The van der Waals surface area contributed by atoms with Crippen LogP contribution in [0, 0.1) is 6.92 Å². The molecule has 1 aliphatic rings. The van der Waals surface area contributed by atoms with Gasteiger partial charge in [0.25, 0.3) is 11.7 Å². The van der Waals surface area contributed by atoms with Crippen LogP contribution in [0.1, 0.15) is 22.8 Å². The van der Waals surface area contributed by atoms with Gasteiger partial charge in [0, 0.05) is 16.9 Å². The summed E-state index contributed by atoms with van der Waals surface area (Å²) in [7, 11) is 0. The number of alkyl halides is 4. The molecule has 17 heavy (non-hydrogen) atoms. The van der Waals surface area contributed by atoms with Crippen molar-refractivity contribution in [1.29, 1.82) is 0 Å². The smallest absolute Gasteiger partial charge is 0.288 e. The van der Waals surface area contributed by atoms with Gasteiger partial charge >= 0.3 is 0 Å². The molecule has 2 rings (SSSR count). The molecule has 0 amide bonds. The number of aliphatic hydroxyl groups is 1. The molecule has 0 aliphatic heterocycles. The summed E-state index contributed by atoms with van der Waals surface area (Å²) in [5.74, 6) is -5.96. The number of hydrogen-bond acceptors (Lipinski definition) is 2. The number of benzene rings is 1. The number of fused-ring (bicyclic) bond motifs is 1. The minimum Gasteiger partial charge on any atom is -0.382 e. The van der Waals surface area contributed by atoms with Gasteiger partial charge in [-0.3, -0.25) is 0 Å². The summed E-state index contributed by atoms with van der Waals surface area (Å²) in [5.41, 5.74) is 0.836. The molecule has 94 valence electrons. The van der Waals surface area contributed by atoms with Crippen LogP contribution in [0.25, 0.3) is 0 Å². The zero-order valence-electron chi connectivity index (χ0n) is 8.88. The Bertz CT molecular complexity index is 447. The maximum absolute atomic E-state index is 13.4. The van der Waals surface area contributed by atoms with Crippen LogP contribution in [-0.4, -0.2) is 16.8 Å². The van der Waals surface area contributed by atoms with E-state index in [0.717, 1.165) is 0 Å². The monoisotopic (exact) mass is 266 g/mol. The van der Waals surface area contributed by atoms with Gasteiger partial charge in [0.15, 0.2) is 0 Å². The van der Waals surface area contributed by atoms with Crippen LogP contribution in [0.2, 0.25) is 0 Å². The van der Waals surface area contributed by atoms with Crippen molar-refractivity contribution in [1.82, 2.24) is 0 Å². The van der Waals surface area contributed by atoms with Crippen molar-refractivity contribution in [2.24, 2.45) is 0 Å². The lowest BCUT2D eigenvalue weighted by Crippen LogP contribution is -2.21. The molecule has 0 fully saturated rings. The molecule has 1 aromatic rings. The molecule has 6 heteroatoms. The Hall–Kier alpha value is -0.750. The van der Waals surface area contributed by atoms with E-state index in [1.54, 1.807) is 6.92 Å². The lowest BCUT2D eigenvalue weighted by molar-refractivity contribution is -0.0976. The second-order valence-corrected chi connectivity index (χ2v) is 5.02. The fourth-order valence-electron chi connectivity index (χ4n) is 2.03. The van der Waals surface area contributed by atoms with Crippen molar-refractivity contribution in [3.8, 4) is 0 Å². The first kappa shape index (κ1) is 12.7. The molecule has 0 saturated heterocycles. The zero-order chi connectivity index (χ0) is 12.8. The van der Waals surface area contributed by atoms with Crippen molar-refractivity contribution in [2.45, 2.75) is 36.0 Å². The van der Waals surface area contributed by atoms with Gasteiger partial charge in [-0.25, -0.2) is 8.78 Å².